The maximum atomic E-state index is 13.7. The number of benzene rings is 2. The first-order valence-corrected chi connectivity index (χ1v) is 19.5. The van der Waals surface area contributed by atoms with Crippen LogP contribution in [-0.2, 0) is 30.5 Å². The highest BCUT2D eigenvalue weighted by molar-refractivity contribution is 7.14. The maximum absolute atomic E-state index is 13.7. The lowest BCUT2D eigenvalue weighted by Crippen LogP contribution is -2.43. The molecule has 7 rings (SSSR count). The molecule has 0 aliphatic heterocycles. The summed E-state index contributed by atoms with van der Waals surface area (Å²) in [6, 6.07) is 25.5. The Bertz CT molecular complexity index is 2400. The molecule has 0 spiro atoms. The van der Waals surface area contributed by atoms with Gasteiger partial charge in [-0.1, -0.05) is 62.7 Å². The number of pyridine rings is 1. The van der Waals surface area contributed by atoms with Gasteiger partial charge >= 0.3 is 0 Å². The molecule has 2 aromatic carbocycles. The van der Waals surface area contributed by atoms with Crippen LogP contribution in [0.5, 0.6) is 0 Å². The van der Waals surface area contributed by atoms with E-state index in [0.717, 1.165) is 33.4 Å². The van der Waals surface area contributed by atoms with Gasteiger partial charge in [0.1, 0.15) is 11.4 Å². The maximum Gasteiger partial charge on any atom is 0.274 e. The van der Waals surface area contributed by atoms with Crippen LogP contribution >= 0.6 is 34.3 Å². The molecule has 7 aromatic rings. The van der Waals surface area contributed by atoms with Gasteiger partial charge in [-0.05, 0) is 61.4 Å². The fourth-order valence-corrected chi connectivity index (χ4v) is 8.21. The summed E-state index contributed by atoms with van der Waals surface area (Å²) in [6.07, 6.45) is 6.03. The zero-order valence-corrected chi connectivity index (χ0v) is 32.6. The largest absolute Gasteiger partial charge is 0.339 e. The van der Waals surface area contributed by atoms with Gasteiger partial charge in [-0.3, -0.25) is 20.2 Å². The zero-order valence-electron chi connectivity index (χ0n) is 30.3. The monoisotopic (exact) mass is 762 g/mol. The molecule has 0 fully saturated rings. The summed E-state index contributed by atoms with van der Waals surface area (Å²) in [5, 5.41) is 12.7. The second-order valence-electron chi connectivity index (χ2n) is 14.8. The topological polar surface area (TPSA) is 97.7 Å². The van der Waals surface area contributed by atoms with E-state index in [0.29, 0.717) is 46.3 Å². The van der Waals surface area contributed by atoms with Gasteiger partial charge in [-0.2, -0.15) is 0 Å². The summed E-state index contributed by atoms with van der Waals surface area (Å²) < 4.78 is 6.10. The lowest BCUT2D eigenvalue weighted by Gasteiger charge is -2.18. The minimum atomic E-state index is -0.316. The summed E-state index contributed by atoms with van der Waals surface area (Å²) in [4.78, 5) is 36.4. The van der Waals surface area contributed by atoms with E-state index in [1.807, 2.05) is 92.8 Å². The van der Waals surface area contributed by atoms with Crippen LogP contribution in [0.4, 0.5) is 10.3 Å². The molecule has 2 amide bonds. The van der Waals surface area contributed by atoms with Crippen LogP contribution in [0.3, 0.4) is 0 Å². The molecule has 0 saturated heterocycles. The number of carbonyl (C=O) groups excluding carboxylic acids is 2. The number of aromatic nitrogens is 5. The number of carbonyl (C=O) groups is 2. The van der Waals surface area contributed by atoms with Crippen molar-refractivity contribution in [3.05, 3.63) is 147 Å². The van der Waals surface area contributed by atoms with Crippen LogP contribution in [0, 0.1) is 0 Å². The first-order chi connectivity index (χ1) is 25.3. The first-order valence-electron chi connectivity index (χ1n) is 17.3. The third kappa shape index (κ3) is 8.27. The number of rotatable bonds is 11. The van der Waals surface area contributed by atoms with Gasteiger partial charge in [-0.25, -0.2) is 14.5 Å². The van der Waals surface area contributed by atoms with E-state index in [2.05, 4.69) is 79.3 Å². The third-order valence-corrected chi connectivity index (χ3v) is 10.9. The van der Waals surface area contributed by atoms with Gasteiger partial charge in [0.15, 0.2) is 29.2 Å². The van der Waals surface area contributed by atoms with E-state index < -0.39 is 0 Å². The van der Waals surface area contributed by atoms with Crippen molar-refractivity contribution in [2.45, 2.75) is 65.1 Å². The molecule has 9 nitrogen and oxygen atoms in total. The predicted molar refractivity (Wildman–Crippen MR) is 215 cm³/mol. The highest BCUT2D eigenvalue weighted by Crippen LogP contribution is 2.30. The molecule has 0 bridgehead atoms. The normalized spacial score (nSPS) is 12.0. The number of thiazole rings is 2. The fraction of sp³-hybridized carbons (Fsp3) is 0.244. The minimum absolute atomic E-state index is 0.109. The predicted octanol–water partition coefficient (Wildman–Crippen LogP) is 9.17. The second-order valence-corrected chi connectivity index (χ2v) is 17.0. The molecule has 5 aromatic heterocycles. The third-order valence-electron chi connectivity index (χ3n) is 9.14. The summed E-state index contributed by atoms with van der Waals surface area (Å²) in [5.74, 6) is -0.411. The Morgan fingerprint density at radius 3 is 2.08 bits per heavy atom. The highest BCUT2D eigenvalue weighted by Gasteiger charge is 2.29. The summed E-state index contributed by atoms with van der Waals surface area (Å²) in [6.45, 7) is 12.4. The van der Waals surface area contributed by atoms with Gasteiger partial charge in [0.25, 0.3) is 11.8 Å². The zero-order chi connectivity index (χ0) is 37.3. The SMILES string of the molecule is CC(C)(C)c1csc(NC(=O)c2cc3cc(Cl)ccc3n2Cc2cc[n+](CC(C)(C)c3csc(NC(=O)c4cccn4Cc4ccccc4)n3)cc2)n1. The number of amides is 2. The molecule has 0 atom stereocenters. The molecular formula is C41H41ClN7O2S2+. The molecule has 0 aliphatic rings. The Kier molecular flexibility index (Phi) is 10.1. The van der Waals surface area contributed by atoms with Gasteiger partial charge in [-0.15, -0.1) is 22.7 Å². The Morgan fingerprint density at radius 2 is 1.40 bits per heavy atom. The summed E-state index contributed by atoms with van der Waals surface area (Å²) in [5.41, 5.74) is 5.61. The number of halogens is 1. The van der Waals surface area contributed by atoms with Gasteiger partial charge in [0.05, 0.1) is 16.8 Å². The average molecular weight is 763 g/mol. The first kappa shape index (κ1) is 36.3. The number of nitrogens with zero attached hydrogens (tertiary/aromatic N) is 5. The van der Waals surface area contributed by atoms with Crippen molar-refractivity contribution in [1.82, 2.24) is 19.1 Å². The minimum Gasteiger partial charge on any atom is -0.339 e. The van der Waals surface area contributed by atoms with Crippen LogP contribution in [0.15, 0.2) is 108 Å². The van der Waals surface area contributed by atoms with E-state index in [1.54, 1.807) is 0 Å². The summed E-state index contributed by atoms with van der Waals surface area (Å²) >= 11 is 9.19. The molecule has 270 valence electrons. The van der Waals surface area contributed by atoms with Crippen LogP contribution < -0.4 is 15.2 Å². The number of anilines is 2. The lowest BCUT2D eigenvalue weighted by atomic mass is 9.90. The van der Waals surface area contributed by atoms with Gasteiger partial charge in [0, 0.05) is 63.5 Å². The molecule has 5 heterocycles. The molecule has 0 unspecified atom stereocenters. The van der Waals surface area contributed by atoms with Gasteiger partial charge < -0.3 is 9.13 Å². The van der Waals surface area contributed by atoms with Crippen LogP contribution in [0.2, 0.25) is 5.02 Å². The van der Waals surface area contributed by atoms with Crippen molar-refractivity contribution < 1.29 is 14.2 Å². The van der Waals surface area contributed by atoms with Crippen LogP contribution in [0.1, 0.15) is 78.1 Å². The van der Waals surface area contributed by atoms with Crippen molar-refractivity contribution in [3.63, 3.8) is 0 Å². The highest BCUT2D eigenvalue weighted by atomic mass is 35.5. The Hall–Kier alpha value is -5.10. The van der Waals surface area contributed by atoms with E-state index in [9.17, 15) is 9.59 Å². The van der Waals surface area contributed by atoms with E-state index in [4.69, 9.17) is 16.6 Å². The van der Waals surface area contributed by atoms with Crippen molar-refractivity contribution in [1.29, 1.82) is 0 Å². The van der Waals surface area contributed by atoms with Crippen LogP contribution in [0.25, 0.3) is 10.9 Å². The standard InChI is InChI=1S/C41H40ClN7O2S2/c1-40(2,3)34-24-52-38(43-34)46-37(51)33-21-29-20-30(42)13-14-31(29)49(33)23-28-15-18-47(19-16-28)26-41(4,5)35-25-53-39(44-35)45-36(50)32-12-9-17-48(32)22-27-10-7-6-8-11-27/h6-21,24-25H,22-23,26H2,1-5H3,(H-,43,44,45,46,50,51)/p+1. The quantitative estimate of drug-likeness (QED) is 0.129. The molecule has 2 N–H and O–H groups in total. The Morgan fingerprint density at radius 1 is 0.755 bits per heavy atom. The second kappa shape index (κ2) is 14.7. The fourth-order valence-electron chi connectivity index (χ4n) is 6.20. The van der Waals surface area contributed by atoms with Crippen molar-refractivity contribution in [2.24, 2.45) is 0 Å². The van der Waals surface area contributed by atoms with E-state index in [-0.39, 0.29) is 22.6 Å². The number of fused-ring (bicyclic) bond motifs is 1. The Labute approximate surface area is 321 Å². The van der Waals surface area contributed by atoms with Crippen LogP contribution in [-0.4, -0.2) is 30.9 Å². The smallest absolute Gasteiger partial charge is 0.274 e. The molecule has 12 heteroatoms. The molecule has 53 heavy (non-hydrogen) atoms. The summed E-state index contributed by atoms with van der Waals surface area (Å²) in [7, 11) is 0. The molecule has 0 radical (unpaired) electrons. The number of hydrogen-bond donors (Lipinski definition) is 2. The van der Waals surface area contributed by atoms with E-state index >= 15 is 0 Å². The van der Waals surface area contributed by atoms with Crippen molar-refractivity contribution >= 4 is 67.3 Å². The number of nitrogens with one attached hydrogen (secondary N) is 2. The van der Waals surface area contributed by atoms with Crippen molar-refractivity contribution in [3.8, 4) is 0 Å². The average Bonchev–Trinajstić information content (AvgIpc) is 3.93. The molecule has 0 saturated carbocycles. The Balaban J connectivity index is 1.03. The molecular weight excluding hydrogens is 722 g/mol. The number of hydrogen-bond acceptors (Lipinski definition) is 6. The lowest BCUT2D eigenvalue weighted by molar-refractivity contribution is -0.704. The molecule has 0 aliphatic carbocycles. The van der Waals surface area contributed by atoms with Gasteiger partial charge in [0.2, 0.25) is 0 Å². The van der Waals surface area contributed by atoms with Crippen molar-refractivity contribution in [2.75, 3.05) is 10.6 Å². The van der Waals surface area contributed by atoms with E-state index in [1.165, 1.54) is 22.7 Å².